The Kier molecular flexibility index (Phi) is 3.40. The lowest BCUT2D eigenvalue weighted by Crippen LogP contribution is -2.07. The lowest BCUT2D eigenvalue weighted by Gasteiger charge is -1.98. The third-order valence-corrected chi connectivity index (χ3v) is 2.69. The average molecular weight is 233 g/mol. The maximum Gasteiger partial charge on any atom is 0.358 e. The second kappa shape index (κ2) is 4.39. The molecule has 0 aromatic carbocycles. The number of rotatable bonds is 5. The first-order chi connectivity index (χ1) is 6.88. The van der Waals surface area contributed by atoms with Gasteiger partial charge in [0.1, 0.15) is 9.84 Å². The highest BCUT2D eigenvalue weighted by Gasteiger charge is 2.08. The van der Waals surface area contributed by atoms with Crippen molar-refractivity contribution in [2.75, 3.05) is 12.0 Å². The Morgan fingerprint density at radius 3 is 2.73 bits per heavy atom. The van der Waals surface area contributed by atoms with Crippen LogP contribution in [-0.4, -0.2) is 46.5 Å². The number of aryl methyl sites for hydroxylation is 1. The molecular weight excluding hydrogens is 222 g/mol. The number of carboxylic acids is 1. The molecule has 1 heterocycles. The topological polar surface area (TPSA) is 102 Å². The van der Waals surface area contributed by atoms with Crippen molar-refractivity contribution in [1.29, 1.82) is 0 Å². The molecule has 0 radical (unpaired) electrons. The maximum atomic E-state index is 10.8. The van der Waals surface area contributed by atoms with E-state index in [9.17, 15) is 13.2 Å². The monoisotopic (exact) mass is 233 g/mol. The van der Waals surface area contributed by atoms with E-state index < -0.39 is 15.8 Å². The summed E-state index contributed by atoms with van der Waals surface area (Å²) in [5, 5.41) is 15.5. The summed E-state index contributed by atoms with van der Waals surface area (Å²) < 4.78 is 22.9. The lowest BCUT2D eigenvalue weighted by molar-refractivity contribution is 0.0690. The van der Waals surface area contributed by atoms with Gasteiger partial charge in [-0.1, -0.05) is 5.21 Å². The first-order valence-corrected chi connectivity index (χ1v) is 6.26. The molecule has 0 unspecified atom stereocenters. The minimum atomic E-state index is -2.98. The normalized spacial score (nSPS) is 11.5. The fraction of sp³-hybridized carbons (Fsp3) is 0.571. The van der Waals surface area contributed by atoms with Crippen molar-refractivity contribution in [1.82, 2.24) is 15.0 Å². The van der Waals surface area contributed by atoms with Gasteiger partial charge in [-0.05, 0) is 6.42 Å². The minimum Gasteiger partial charge on any atom is -0.476 e. The van der Waals surface area contributed by atoms with Gasteiger partial charge in [-0.25, -0.2) is 13.2 Å². The Morgan fingerprint density at radius 2 is 2.27 bits per heavy atom. The Labute approximate surface area is 86.6 Å². The molecular formula is C7H11N3O4S. The molecule has 8 heteroatoms. The van der Waals surface area contributed by atoms with E-state index in [2.05, 4.69) is 10.3 Å². The molecule has 0 saturated heterocycles. The summed E-state index contributed by atoms with van der Waals surface area (Å²) in [7, 11) is -2.98. The lowest BCUT2D eigenvalue weighted by atomic mass is 10.4. The zero-order valence-corrected chi connectivity index (χ0v) is 8.94. The summed E-state index contributed by atoms with van der Waals surface area (Å²) >= 11 is 0. The Balaban J connectivity index is 2.48. The summed E-state index contributed by atoms with van der Waals surface area (Å²) in [6, 6.07) is 0. The van der Waals surface area contributed by atoms with E-state index in [1.165, 1.54) is 10.9 Å². The SMILES string of the molecule is CS(=O)(=O)CCCn1cc(C(=O)O)nn1. The zero-order chi connectivity index (χ0) is 11.5. The van der Waals surface area contributed by atoms with Crippen molar-refractivity contribution >= 4 is 15.8 Å². The minimum absolute atomic E-state index is 0.0509. The van der Waals surface area contributed by atoms with E-state index in [1.54, 1.807) is 0 Å². The number of nitrogens with zero attached hydrogens (tertiary/aromatic N) is 3. The number of aromatic nitrogens is 3. The van der Waals surface area contributed by atoms with Crippen molar-refractivity contribution in [3.63, 3.8) is 0 Å². The summed E-state index contributed by atoms with van der Waals surface area (Å²) in [5.41, 5.74) is -0.144. The van der Waals surface area contributed by atoms with Crippen LogP contribution < -0.4 is 0 Å². The van der Waals surface area contributed by atoms with Crippen LogP contribution in [0.5, 0.6) is 0 Å². The van der Waals surface area contributed by atoms with E-state index in [0.717, 1.165) is 6.26 Å². The van der Waals surface area contributed by atoms with Gasteiger partial charge in [-0.3, -0.25) is 4.68 Å². The molecule has 0 amide bonds. The fourth-order valence-electron chi connectivity index (χ4n) is 0.994. The number of hydrogen-bond acceptors (Lipinski definition) is 5. The van der Waals surface area contributed by atoms with Gasteiger partial charge in [0, 0.05) is 12.8 Å². The molecule has 0 saturated carbocycles. The van der Waals surface area contributed by atoms with Crippen molar-refractivity contribution in [2.24, 2.45) is 0 Å². The number of carboxylic acid groups (broad SMARTS) is 1. The van der Waals surface area contributed by atoms with Crippen LogP contribution in [0.4, 0.5) is 0 Å². The zero-order valence-electron chi connectivity index (χ0n) is 8.12. The Bertz CT molecular complexity index is 451. The van der Waals surface area contributed by atoms with Gasteiger partial charge < -0.3 is 5.11 Å². The maximum absolute atomic E-state index is 10.8. The average Bonchev–Trinajstić information content (AvgIpc) is 2.50. The van der Waals surface area contributed by atoms with Crippen LogP contribution >= 0.6 is 0 Å². The molecule has 0 atom stereocenters. The van der Waals surface area contributed by atoms with E-state index in [4.69, 9.17) is 5.11 Å². The number of aromatic carboxylic acids is 1. The van der Waals surface area contributed by atoms with Gasteiger partial charge in [-0.2, -0.15) is 0 Å². The van der Waals surface area contributed by atoms with Crippen LogP contribution in [0.1, 0.15) is 16.9 Å². The first kappa shape index (κ1) is 11.6. The molecule has 0 aliphatic rings. The number of sulfone groups is 1. The molecule has 0 aliphatic heterocycles. The van der Waals surface area contributed by atoms with Crippen molar-refractivity contribution in [3.8, 4) is 0 Å². The second-order valence-corrected chi connectivity index (χ2v) is 5.42. The summed E-state index contributed by atoms with van der Waals surface area (Å²) in [4.78, 5) is 10.4. The largest absolute Gasteiger partial charge is 0.476 e. The summed E-state index contributed by atoms with van der Waals surface area (Å²) in [6.07, 6.45) is 2.81. The van der Waals surface area contributed by atoms with Gasteiger partial charge in [0.05, 0.1) is 11.9 Å². The van der Waals surface area contributed by atoms with E-state index >= 15 is 0 Å². The molecule has 0 fully saturated rings. The molecule has 1 rings (SSSR count). The predicted molar refractivity (Wildman–Crippen MR) is 51.3 cm³/mol. The molecule has 84 valence electrons. The molecule has 15 heavy (non-hydrogen) atoms. The molecule has 0 spiro atoms. The van der Waals surface area contributed by atoms with E-state index in [1.807, 2.05) is 0 Å². The van der Waals surface area contributed by atoms with E-state index in [0.29, 0.717) is 13.0 Å². The third kappa shape index (κ3) is 4.07. The van der Waals surface area contributed by atoms with Gasteiger partial charge >= 0.3 is 5.97 Å². The molecule has 1 N–H and O–H groups in total. The van der Waals surface area contributed by atoms with Gasteiger partial charge in [0.15, 0.2) is 5.69 Å². The van der Waals surface area contributed by atoms with Crippen LogP contribution in [0.3, 0.4) is 0 Å². The number of hydrogen-bond donors (Lipinski definition) is 1. The van der Waals surface area contributed by atoms with Gasteiger partial charge in [0.2, 0.25) is 0 Å². The van der Waals surface area contributed by atoms with Crippen LogP contribution in [0.25, 0.3) is 0 Å². The smallest absolute Gasteiger partial charge is 0.358 e. The molecule has 1 aromatic rings. The summed E-state index contributed by atoms with van der Waals surface area (Å²) in [5.74, 6) is -1.10. The van der Waals surface area contributed by atoms with Gasteiger partial charge in [-0.15, -0.1) is 5.10 Å². The molecule has 7 nitrogen and oxygen atoms in total. The van der Waals surface area contributed by atoms with Crippen molar-refractivity contribution in [3.05, 3.63) is 11.9 Å². The highest BCUT2D eigenvalue weighted by molar-refractivity contribution is 7.90. The standard InChI is InChI=1S/C7H11N3O4S/c1-15(13,14)4-2-3-10-5-6(7(11)12)8-9-10/h5H,2-4H2,1H3,(H,11,12). The molecule has 0 aliphatic carbocycles. The van der Waals surface area contributed by atoms with Crippen molar-refractivity contribution < 1.29 is 18.3 Å². The van der Waals surface area contributed by atoms with Gasteiger partial charge in [0.25, 0.3) is 0 Å². The summed E-state index contributed by atoms with van der Waals surface area (Å²) in [6.45, 7) is 0.341. The first-order valence-electron chi connectivity index (χ1n) is 4.19. The highest BCUT2D eigenvalue weighted by atomic mass is 32.2. The van der Waals surface area contributed by atoms with Crippen molar-refractivity contribution in [2.45, 2.75) is 13.0 Å². The van der Waals surface area contributed by atoms with Crippen LogP contribution in [0, 0.1) is 0 Å². The Morgan fingerprint density at radius 1 is 1.60 bits per heavy atom. The van der Waals surface area contributed by atoms with Crippen LogP contribution in [0.2, 0.25) is 0 Å². The second-order valence-electron chi connectivity index (χ2n) is 3.16. The third-order valence-electron chi connectivity index (χ3n) is 1.66. The molecule has 0 bridgehead atoms. The van der Waals surface area contributed by atoms with Crippen LogP contribution in [-0.2, 0) is 16.4 Å². The number of carbonyl (C=O) groups is 1. The molecule has 1 aromatic heterocycles. The van der Waals surface area contributed by atoms with E-state index in [-0.39, 0.29) is 11.4 Å². The van der Waals surface area contributed by atoms with Crippen LogP contribution in [0.15, 0.2) is 6.20 Å². The predicted octanol–water partition coefficient (Wildman–Crippen LogP) is -0.589. The fourth-order valence-corrected chi connectivity index (χ4v) is 1.65. The quantitative estimate of drug-likeness (QED) is 0.729. The Hall–Kier alpha value is -1.44. The highest BCUT2D eigenvalue weighted by Crippen LogP contribution is 1.96.